The van der Waals surface area contributed by atoms with E-state index >= 15 is 0 Å². The van der Waals surface area contributed by atoms with Crippen molar-refractivity contribution in [3.05, 3.63) is 42.0 Å². The van der Waals surface area contributed by atoms with E-state index in [2.05, 4.69) is 25.6 Å². The highest BCUT2D eigenvalue weighted by molar-refractivity contribution is 5.47. The molecule has 1 aromatic carbocycles. The van der Waals surface area contributed by atoms with Crippen molar-refractivity contribution in [1.82, 2.24) is 0 Å². The molecule has 0 aromatic heterocycles. The maximum Gasteiger partial charge on any atom is -0.0260 e. The van der Waals surface area contributed by atoms with Crippen LogP contribution in [0.1, 0.15) is 32.4 Å². The van der Waals surface area contributed by atoms with Gasteiger partial charge >= 0.3 is 0 Å². The largest absolute Gasteiger partial charge is 0.0985 e. The minimum atomic E-state index is 0. The molecule has 0 aliphatic heterocycles. The standard InChI is InChI=1S/C9H10.C2H6.CH4/c1-3-9-6-4-5-8(2)7-9;1-2;/h3-7H,1H2,2H3;1-2H3;1H4. The summed E-state index contributed by atoms with van der Waals surface area (Å²) in [5.74, 6) is 0. The van der Waals surface area contributed by atoms with Crippen molar-refractivity contribution in [2.24, 2.45) is 0 Å². The molecule has 0 heterocycles. The van der Waals surface area contributed by atoms with E-state index < -0.39 is 0 Å². The van der Waals surface area contributed by atoms with E-state index in [1.54, 1.807) is 0 Å². The Morgan fingerprint density at radius 1 is 1.25 bits per heavy atom. The fourth-order valence-electron chi connectivity index (χ4n) is 0.797. The van der Waals surface area contributed by atoms with Gasteiger partial charge in [0.2, 0.25) is 0 Å². The second kappa shape index (κ2) is 8.06. The third kappa shape index (κ3) is 4.73. The number of rotatable bonds is 1. The van der Waals surface area contributed by atoms with Crippen LogP contribution >= 0.6 is 0 Å². The highest BCUT2D eigenvalue weighted by Gasteiger charge is 1.83. The van der Waals surface area contributed by atoms with E-state index in [1.165, 1.54) is 11.1 Å². The van der Waals surface area contributed by atoms with E-state index in [1.807, 2.05) is 32.1 Å². The van der Waals surface area contributed by atoms with E-state index in [-0.39, 0.29) is 7.43 Å². The summed E-state index contributed by atoms with van der Waals surface area (Å²) in [6.45, 7) is 9.75. The SMILES string of the molecule is C.C=Cc1cccc(C)c1.CC. The molecule has 0 aliphatic carbocycles. The Bertz CT molecular complexity index is 211. The van der Waals surface area contributed by atoms with Gasteiger partial charge in [0.25, 0.3) is 0 Å². The Hall–Kier alpha value is -1.04. The second-order valence-electron chi connectivity index (χ2n) is 2.12. The van der Waals surface area contributed by atoms with E-state index in [9.17, 15) is 0 Å². The van der Waals surface area contributed by atoms with E-state index in [4.69, 9.17) is 0 Å². The van der Waals surface area contributed by atoms with Crippen LogP contribution in [-0.2, 0) is 0 Å². The van der Waals surface area contributed by atoms with Crippen molar-refractivity contribution in [3.8, 4) is 0 Å². The van der Waals surface area contributed by atoms with Gasteiger partial charge in [0.15, 0.2) is 0 Å². The maximum atomic E-state index is 3.67. The van der Waals surface area contributed by atoms with Gasteiger partial charge in [-0.3, -0.25) is 0 Å². The monoisotopic (exact) mass is 164 g/mol. The summed E-state index contributed by atoms with van der Waals surface area (Å²) in [5.41, 5.74) is 2.47. The maximum absolute atomic E-state index is 3.67. The van der Waals surface area contributed by atoms with Crippen LogP contribution in [0.2, 0.25) is 0 Å². The minimum absolute atomic E-state index is 0. The molecule has 0 saturated heterocycles. The lowest BCUT2D eigenvalue weighted by Crippen LogP contribution is -1.72. The van der Waals surface area contributed by atoms with Gasteiger partial charge < -0.3 is 0 Å². The Labute approximate surface area is 76.9 Å². The lowest BCUT2D eigenvalue weighted by atomic mass is 10.1. The van der Waals surface area contributed by atoms with Gasteiger partial charge in [-0.25, -0.2) is 0 Å². The van der Waals surface area contributed by atoms with Crippen LogP contribution in [0, 0.1) is 6.92 Å². The zero-order chi connectivity index (χ0) is 8.69. The molecule has 0 heteroatoms. The minimum Gasteiger partial charge on any atom is -0.0985 e. The fourth-order valence-corrected chi connectivity index (χ4v) is 0.797. The highest BCUT2D eigenvalue weighted by Crippen LogP contribution is 2.03. The van der Waals surface area contributed by atoms with Gasteiger partial charge in [0, 0.05) is 0 Å². The molecule has 0 spiro atoms. The Morgan fingerprint density at radius 3 is 2.17 bits per heavy atom. The quantitative estimate of drug-likeness (QED) is 0.580. The first-order valence-electron chi connectivity index (χ1n) is 4.02. The predicted octanol–water partition coefficient (Wildman–Crippen LogP) is 4.30. The van der Waals surface area contributed by atoms with Crippen molar-refractivity contribution < 1.29 is 0 Å². The highest BCUT2D eigenvalue weighted by atomic mass is 13.9. The average Bonchev–Trinajstić information content (AvgIpc) is 2.08. The van der Waals surface area contributed by atoms with Gasteiger partial charge in [-0.1, -0.05) is 63.8 Å². The normalized spacial score (nSPS) is 7.25. The summed E-state index contributed by atoms with van der Waals surface area (Å²) < 4.78 is 0. The van der Waals surface area contributed by atoms with Gasteiger partial charge in [-0.05, 0) is 12.5 Å². The van der Waals surface area contributed by atoms with Gasteiger partial charge in [0.05, 0.1) is 0 Å². The molecule has 0 saturated carbocycles. The first-order valence-corrected chi connectivity index (χ1v) is 4.02. The van der Waals surface area contributed by atoms with Crippen LogP contribution in [0.3, 0.4) is 0 Å². The lowest BCUT2D eigenvalue weighted by Gasteiger charge is -1.92. The molecule has 0 atom stereocenters. The smallest absolute Gasteiger partial charge is 0.0260 e. The van der Waals surface area contributed by atoms with Crippen molar-refractivity contribution in [2.75, 3.05) is 0 Å². The molecule has 0 radical (unpaired) electrons. The first-order chi connectivity index (χ1) is 5.33. The summed E-state index contributed by atoms with van der Waals surface area (Å²) in [6.07, 6.45) is 1.85. The molecule has 0 nitrogen and oxygen atoms in total. The van der Waals surface area contributed by atoms with Gasteiger partial charge in [-0.2, -0.15) is 0 Å². The Balaban J connectivity index is 0. The average molecular weight is 164 g/mol. The molecule has 0 amide bonds. The molecule has 0 unspecified atom stereocenters. The third-order valence-corrected chi connectivity index (χ3v) is 1.28. The topological polar surface area (TPSA) is 0 Å². The van der Waals surface area contributed by atoms with Crippen molar-refractivity contribution in [2.45, 2.75) is 28.2 Å². The van der Waals surface area contributed by atoms with E-state index in [0.29, 0.717) is 0 Å². The number of benzene rings is 1. The van der Waals surface area contributed by atoms with Crippen molar-refractivity contribution in [3.63, 3.8) is 0 Å². The van der Waals surface area contributed by atoms with E-state index in [0.717, 1.165) is 0 Å². The van der Waals surface area contributed by atoms with Crippen LogP contribution in [0.4, 0.5) is 0 Å². The van der Waals surface area contributed by atoms with Crippen molar-refractivity contribution in [1.29, 1.82) is 0 Å². The van der Waals surface area contributed by atoms with Crippen LogP contribution in [0.15, 0.2) is 30.8 Å². The molecule has 68 valence electrons. The molecule has 0 bridgehead atoms. The molecule has 1 rings (SSSR count). The lowest BCUT2D eigenvalue weighted by molar-refractivity contribution is 1.46. The van der Waals surface area contributed by atoms with Crippen LogP contribution in [0.25, 0.3) is 6.08 Å². The Kier molecular flexibility index (Phi) is 9.10. The van der Waals surface area contributed by atoms with Crippen LogP contribution in [0.5, 0.6) is 0 Å². The van der Waals surface area contributed by atoms with Crippen LogP contribution in [-0.4, -0.2) is 0 Å². The zero-order valence-electron chi connectivity index (χ0n) is 7.59. The molecule has 0 fully saturated rings. The first kappa shape index (κ1) is 13.5. The number of aryl methyl sites for hydroxylation is 1. The molecule has 12 heavy (non-hydrogen) atoms. The third-order valence-electron chi connectivity index (χ3n) is 1.28. The second-order valence-corrected chi connectivity index (χ2v) is 2.12. The Morgan fingerprint density at radius 2 is 1.83 bits per heavy atom. The summed E-state index contributed by atoms with van der Waals surface area (Å²) in [7, 11) is 0. The molecular weight excluding hydrogens is 144 g/mol. The van der Waals surface area contributed by atoms with Crippen LogP contribution < -0.4 is 0 Å². The molecule has 1 aromatic rings. The summed E-state index contributed by atoms with van der Waals surface area (Å²) in [5, 5.41) is 0. The summed E-state index contributed by atoms with van der Waals surface area (Å²) in [4.78, 5) is 0. The van der Waals surface area contributed by atoms with Gasteiger partial charge in [-0.15, -0.1) is 0 Å². The molecule has 0 N–H and O–H groups in total. The number of hydrogen-bond acceptors (Lipinski definition) is 0. The van der Waals surface area contributed by atoms with Gasteiger partial charge in [0.1, 0.15) is 0 Å². The van der Waals surface area contributed by atoms with Crippen molar-refractivity contribution >= 4 is 6.08 Å². The summed E-state index contributed by atoms with van der Waals surface area (Å²) >= 11 is 0. The zero-order valence-corrected chi connectivity index (χ0v) is 7.59. The summed E-state index contributed by atoms with van der Waals surface area (Å²) in [6, 6.07) is 8.26. The molecular formula is C12H20. The molecule has 0 aliphatic rings. The predicted molar refractivity (Wildman–Crippen MR) is 59.3 cm³/mol. The fraction of sp³-hybridized carbons (Fsp3) is 0.333. The number of hydrogen-bond donors (Lipinski definition) is 0.